The average molecular weight is 566 g/mol. The van der Waals surface area contributed by atoms with E-state index in [1.54, 1.807) is 49.1 Å². The van der Waals surface area contributed by atoms with Crippen LogP contribution in [-0.2, 0) is 24.5 Å². The van der Waals surface area contributed by atoms with Gasteiger partial charge in [0.25, 0.3) is 0 Å². The lowest BCUT2D eigenvalue weighted by Gasteiger charge is -2.31. The van der Waals surface area contributed by atoms with Crippen molar-refractivity contribution in [2.45, 2.75) is 31.7 Å². The lowest BCUT2D eigenvalue weighted by molar-refractivity contribution is -0.136. The number of likely N-dealkylation sites (tertiary alicyclic amines) is 1. The van der Waals surface area contributed by atoms with Crippen LogP contribution in [0.2, 0.25) is 0 Å². The largest absolute Gasteiger partial charge is 0.435 e. The van der Waals surface area contributed by atoms with Crippen LogP contribution in [0.25, 0.3) is 45.1 Å². The Morgan fingerprint density at radius 3 is 2.63 bits per heavy atom. The highest BCUT2D eigenvalue weighted by atomic mass is 19.4. The first-order valence-corrected chi connectivity index (χ1v) is 13.2. The Balaban J connectivity index is 1.39. The van der Waals surface area contributed by atoms with E-state index < -0.39 is 17.6 Å². The van der Waals surface area contributed by atoms with Gasteiger partial charge in [-0.25, -0.2) is 9.37 Å². The van der Waals surface area contributed by atoms with Crippen molar-refractivity contribution in [3.63, 3.8) is 0 Å². The number of fused-ring (bicyclic) bond motifs is 1. The van der Waals surface area contributed by atoms with Crippen LogP contribution >= 0.6 is 0 Å². The number of piperidine rings is 1. The molecule has 6 rings (SSSR count). The number of nitrogens with zero attached hydrogens (tertiary/aromatic N) is 5. The second kappa shape index (κ2) is 10.7. The molecule has 5 aromatic rings. The predicted molar refractivity (Wildman–Crippen MR) is 145 cm³/mol. The van der Waals surface area contributed by atoms with Crippen LogP contribution < -0.4 is 0 Å². The summed E-state index contributed by atoms with van der Waals surface area (Å²) in [6.07, 6.45) is -1.18. The number of hydrogen-bond acceptors (Lipinski definition) is 6. The van der Waals surface area contributed by atoms with Crippen molar-refractivity contribution in [1.82, 2.24) is 24.6 Å². The molecule has 0 spiro atoms. The third-order valence-electron chi connectivity index (χ3n) is 7.41. The molecule has 1 fully saturated rings. The maximum Gasteiger partial charge on any atom is 0.420 e. The first-order valence-electron chi connectivity index (χ1n) is 13.2. The van der Waals surface area contributed by atoms with Gasteiger partial charge in [0.2, 0.25) is 5.89 Å². The maximum absolute atomic E-state index is 14.2. The minimum Gasteiger partial charge on any atom is -0.435 e. The molecule has 0 aliphatic carbocycles. The van der Waals surface area contributed by atoms with Crippen molar-refractivity contribution in [2.24, 2.45) is 7.05 Å². The molecule has 0 bridgehead atoms. The predicted octanol–water partition coefficient (Wildman–Crippen LogP) is 6.73. The van der Waals surface area contributed by atoms with Gasteiger partial charge in [0.1, 0.15) is 23.2 Å². The first kappa shape index (κ1) is 27.1. The molecule has 1 aliphatic rings. The van der Waals surface area contributed by atoms with E-state index in [0.29, 0.717) is 46.7 Å². The number of ether oxygens (including phenoxy) is 1. The lowest BCUT2D eigenvalue weighted by atomic mass is 9.97. The van der Waals surface area contributed by atoms with E-state index in [2.05, 4.69) is 20.1 Å². The number of alkyl halides is 3. The van der Waals surface area contributed by atoms with Gasteiger partial charge in [-0.2, -0.15) is 13.2 Å². The number of benzene rings is 3. The summed E-state index contributed by atoms with van der Waals surface area (Å²) in [4.78, 5) is 6.58. The molecular weight excluding hydrogens is 538 g/mol. The molecule has 1 saturated heterocycles. The lowest BCUT2D eigenvalue weighted by Crippen LogP contribution is -2.38. The van der Waals surface area contributed by atoms with Gasteiger partial charge in [0.05, 0.1) is 6.10 Å². The van der Waals surface area contributed by atoms with Crippen LogP contribution in [0, 0.1) is 5.82 Å². The van der Waals surface area contributed by atoms with Crippen molar-refractivity contribution in [3.8, 4) is 34.0 Å². The normalized spacial score (nSPS) is 16.5. The van der Waals surface area contributed by atoms with Crippen LogP contribution in [0.4, 0.5) is 17.6 Å². The molecule has 1 atom stereocenters. The molecule has 3 aromatic carbocycles. The smallest absolute Gasteiger partial charge is 0.420 e. The number of aromatic nitrogens is 4. The Kier molecular flexibility index (Phi) is 7.08. The molecule has 3 heterocycles. The summed E-state index contributed by atoms with van der Waals surface area (Å²) in [5.74, 6) is 0.100. The molecule has 7 nitrogen and oxygen atoms in total. The minimum atomic E-state index is -4.62. The average Bonchev–Trinajstić information content (AvgIpc) is 3.58. The number of oxazole rings is 1. The fraction of sp³-hybridized carbons (Fsp3) is 0.300. The molecule has 0 N–H and O–H groups in total. The zero-order chi connectivity index (χ0) is 28.7. The minimum absolute atomic E-state index is 0.0595. The number of rotatable bonds is 6. The highest BCUT2D eigenvalue weighted by Gasteiger charge is 2.36. The molecule has 1 aliphatic heterocycles. The van der Waals surface area contributed by atoms with Gasteiger partial charge in [-0.15, -0.1) is 10.2 Å². The Hall–Kier alpha value is -4.09. The molecule has 41 heavy (non-hydrogen) atoms. The quantitative estimate of drug-likeness (QED) is 0.213. The van der Waals surface area contributed by atoms with Crippen LogP contribution in [0.15, 0.2) is 65.3 Å². The zero-order valence-electron chi connectivity index (χ0n) is 22.5. The summed E-state index contributed by atoms with van der Waals surface area (Å²) in [6, 6.07) is 14.2. The summed E-state index contributed by atoms with van der Waals surface area (Å²) < 4.78 is 69.6. The highest BCUT2D eigenvalue weighted by Crippen LogP contribution is 2.39. The molecule has 0 unspecified atom stereocenters. The van der Waals surface area contributed by atoms with E-state index in [0.717, 1.165) is 25.5 Å². The number of methoxy groups -OCH3 is 1. The fourth-order valence-electron chi connectivity index (χ4n) is 5.42. The molecule has 2 aromatic heterocycles. The second-order valence-electron chi connectivity index (χ2n) is 10.3. The molecule has 212 valence electrons. The van der Waals surface area contributed by atoms with Gasteiger partial charge in [-0.1, -0.05) is 18.2 Å². The van der Waals surface area contributed by atoms with E-state index in [1.165, 1.54) is 18.5 Å². The third kappa shape index (κ3) is 5.47. The molecule has 0 saturated carbocycles. The van der Waals surface area contributed by atoms with Gasteiger partial charge in [-0.3, -0.25) is 4.90 Å². The van der Waals surface area contributed by atoms with Gasteiger partial charge in [0, 0.05) is 38.4 Å². The summed E-state index contributed by atoms with van der Waals surface area (Å²) in [6.45, 7) is 1.80. The summed E-state index contributed by atoms with van der Waals surface area (Å²) >= 11 is 0. The highest BCUT2D eigenvalue weighted by molar-refractivity contribution is 5.84. The second-order valence-corrected chi connectivity index (χ2v) is 10.3. The van der Waals surface area contributed by atoms with Crippen LogP contribution in [-0.4, -0.2) is 51.0 Å². The standard InChI is InChI=1S/C30H27F4N5O2/c1-38-17-35-37-28(38)24-14-21(31)8-9-23(24)19-5-3-6-20(13-19)29-36-26-12-18(11-25(27(26)41-29)30(32,33)34)15-39-10-4-7-22(16-39)40-2/h3,5-6,8-9,11-14,17,22H,4,7,10,15-16H2,1-2H3/t22-/m0/s1. The van der Waals surface area contributed by atoms with Crippen molar-refractivity contribution in [2.75, 3.05) is 20.2 Å². The van der Waals surface area contributed by atoms with Crippen molar-refractivity contribution in [1.29, 1.82) is 0 Å². The van der Waals surface area contributed by atoms with Gasteiger partial charge >= 0.3 is 6.18 Å². The molecule has 11 heteroatoms. The number of hydrogen-bond donors (Lipinski definition) is 0. The van der Waals surface area contributed by atoms with E-state index in [9.17, 15) is 17.6 Å². The number of aryl methyl sites for hydroxylation is 1. The SMILES string of the molecule is CO[C@H]1CCCN(Cc2cc(C(F)(F)F)c3oc(-c4cccc(-c5ccc(F)cc5-c5nncn5C)c4)nc3c2)C1. The Morgan fingerprint density at radius 1 is 1.05 bits per heavy atom. The van der Waals surface area contributed by atoms with E-state index >= 15 is 0 Å². The monoisotopic (exact) mass is 565 g/mol. The van der Waals surface area contributed by atoms with E-state index in [1.807, 2.05) is 6.07 Å². The first-order chi connectivity index (χ1) is 19.7. The van der Waals surface area contributed by atoms with Crippen molar-refractivity contribution >= 4 is 11.1 Å². The molecule has 0 amide bonds. The van der Waals surface area contributed by atoms with Crippen LogP contribution in [0.3, 0.4) is 0 Å². The molecule has 0 radical (unpaired) electrons. The zero-order valence-corrected chi connectivity index (χ0v) is 22.5. The third-order valence-corrected chi connectivity index (χ3v) is 7.41. The van der Waals surface area contributed by atoms with Crippen LogP contribution in [0.1, 0.15) is 24.0 Å². The topological polar surface area (TPSA) is 69.2 Å². The molecular formula is C30H27F4N5O2. The van der Waals surface area contributed by atoms with Crippen LogP contribution in [0.5, 0.6) is 0 Å². The fourth-order valence-corrected chi connectivity index (χ4v) is 5.42. The maximum atomic E-state index is 14.2. The summed E-state index contributed by atoms with van der Waals surface area (Å²) in [5.41, 5.74) is 1.86. The van der Waals surface area contributed by atoms with Gasteiger partial charge in [-0.05, 0) is 72.5 Å². The van der Waals surface area contributed by atoms with Gasteiger partial charge < -0.3 is 13.7 Å². The Bertz CT molecular complexity index is 1710. The summed E-state index contributed by atoms with van der Waals surface area (Å²) in [7, 11) is 3.41. The Labute approximate surface area is 233 Å². The summed E-state index contributed by atoms with van der Waals surface area (Å²) in [5, 5.41) is 8.01. The van der Waals surface area contributed by atoms with E-state index in [4.69, 9.17) is 9.15 Å². The Morgan fingerprint density at radius 2 is 1.88 bits per heavy atom. The number of halogens is 4. The van der Waals surface area contributed by atoms with Crippen molar-refractivity contribution < 1.29 is 26.7 Å². The van der Waals surface area contributed by atoms with E-state index in [-0.39, 0.29) is 23.1 Å². The van der Waals surface area contributed by atoms with Crippen molar-refractivity contribution in [3.05, 3.63) is 77.9 Å². The van der Waals surface area contributed by atoms with Gasteiger partial charge in [0.15, 0.2) is 11.4 Å².